The van der Waals surface area contributed by atoms with E-state index in [9.17, 15) is 33.6 Å². The monoisotopic (exact) mass is 916 g/mol. The number of hydrogen-bond donors (Lipinski definition) is 10. The fourth-order valence-electron chi connectivity index (χ4n) is 9.01. The number of nitrogens with one attached hydrogen (secondary N) is 7. The number of para-hydroxylation sites is 1. The van der Waals surface area contributed by atoms with Crippen molar-refractivity contribution in [2.45, 2.75) is 100.0 Å². The number of imide groups is 1. The predicted octanol–water partition coefficient (Wildman–Crippen LogP) is -0.421. The van der Waals surface area contributed by atoms with Gasteiger partial charge in [0.1, 0.15) is 35.7 Å². The number of urea groups is 1. The van der Waals surface area contributed by atoms with E-state index in [-0.39, 0.29) is 64.0 Å². The van der Waals surface area contributed by atoms with Crippen LogP contribution in [0, 0.1) is 0 Å². The van der Waals surface area contributed by atoms with Gasteiger partial charge in [0.2, 0.25) is 35.4 Å². The Hall–Kier alpha value is -7.77. The molecule has 9 amide bonds. The third-order valence-electron chi connectivity index (χ3n) is 12.5. The summed E-state index contributed by atoms with van der Waals surface area (Å²) in [5, 5.41) is 17.3. The lowest BCUT2D eigenvalue weighted by molar-refractivity contribution is -0.144. The molecule has 352 valence electrons. The highest BCUT2D eigenvalue weighted by atomic mass is 16.2. The zero-order valence-corrected chi connectivity index (χ0v) is 36.8. The van der Waals surface area contributed by atoms with E-state index < -0.39 is 89.6 Å². The molecule has 1 aliphatic carbocycles. The summed E-state index contributed by atoms with van der Waals surface area (Å²) in [5.74, 6) is -5.41. The number of guanidine groups is 1. The molecular weight excluding hydrogens is 861 g/mol. The molecule has 0 radical (unpaired) electrons. The normalized spacial score (nSPS) is 23.0. The predicted molar refractivity (Wildman–Crippen MR) is 246 cm³/mol. The van der Waals surface area contributed by atoms with Crippen LogP contribution in [-0.2, 0) is 59.2 Å². The molecule has 1 aromatic heterocycles. The van der Waals surface area contributed by atoms with E-state index in [0.29, 0.717) is 35.1 Å². The maximum Gasteiger partial charge on any atom is 0.325 e. The standard InChI is InChI=1S/C47H56N12O8/c48-39(61)33-17-8-9-19-51-38(60)23-37-43(65)59(46(67)58-37)47(24-28-13-4-5-14-29(28)25-47)44(66)57-35(21-27-11-2-1-3-12-27)41(63)55-34(18-10-20-52-45(49)50)40(62)56-36(42(64)54-33)22-30-26-53-32-16-7-6-15-31(30)32/h1-7,11-16,26,33-37,53H,8-10,17-25H2,(H2,48,61)(H,51,60)(H,54,64)(H,55,63)(H,56,62)(H,57,66)(H,58,67)(H4,49,50,52)/t33-,34-,35-,36+,37+/m1/s1. The van der Waals surface area contributed by atoms with Crippen LogP contribution in [0.15, 0.2) is 90.1 Å². The average Bonchev–Trinajstić information content (AvgIpc) is 3.98. The van der Waals surface area contributed by atoms with Crippen LogP contribution in [0.5, 0.6) is 0 Å². The molecule has 2 bridgehead atoms. The Labute approximate surface area is 386 Å². The number of fused-ring (bicyclic) bond motifs is 5. The number of primary amides is 1. The Morgan fingerprint density at radius 3 is 2.07 bits per heavy atom. The largest absolute Gasteiger partial charge is 0.370 e. The molecule has 2 aliphatic heterocycles. The van der Waals surface area contributed by atoms with Crippen molar-refractivity contribution in [1.82, 2.24) is 41.8 Å². The van der Waals surface area contributed by atoms with Crippen molar-refractivity contribution >= 4 is 64.2 Å². The molecule has 1 spiro atoms. The van der Waals surface area contributed by atoms with E-state index in [1.807, 2.05) is 24.3 Å². The quantitative estimate of drug-likeness (QED) is 0.0448. The second kappa shape index (κ2) is 21.0. The number of aliphatic imine (C=N–C) groups is 1. The Bertz CT molecular complexity index is 2530. The van der Waals surface area contributed by atoms with Crippen molar-refractivity contribution in [3.8, 4) is 0 Å². The Morgan fingerprint density at radius 1 is 0.716 bits per heavy atom. The number of hydrogen-bond acceptors (Lipinski definition) is 9. The van der Waals surface area contributed by atoms with E-state index in [1.165, 1.54) is 0 Å². The van der Waals surface area contributed by atoms with E-state index in [1.54, 1.807) is 60.8 Å². The number of aromatic nitrogens is 1. The van der Waals surface area contributed by atoms with E-state index in [0.717, 1.165) is 15.8 Å². The van der Waals surface area contributed by atoms with Gasteiger partial charge in [-0.1, -0.05) is 72.8 Å². The highest BCUT2D eigenvalue weighted by Crippen LogP contribution is 2.37. The SMILES string of the molecule is NC(=O)[C@H]1CCCCNC(=O)C[C@@H]2NC(=O)N(C2=O)C2(Cc3ccccc3C2)C(=O)N[C@H](Cc2ccccc2)C(=O)N[C@H](CCCN=C(N)N)C(=O)N[C@@H](Cc2c[nH]c3ccccc23)C(=O)N1. The zero-order valence-electron chi connectivity index (χ0n) is 36.8. The number of aromatic amines is 1. The second-order valence-electron chi connectivity index (χ2n) is 17.2. The molecule has 13 N–H and O–H groups in total. The van der Waals surface area contributed by atoms with E-state index >= 15 is 4.79 Å². The van der Waals surface area contributed by atoms with Crippen molar-refractivity contribution < 1.29 is 38.4 Å². The van der Waals surface area contributed by atoms with Gasteiger partial charge in [0.15, 0.2) is 5.96 Å². The molecule has 20 nitrogen and oxygen atoms in total. The highest BCUT2D eigenvalue weighted by molar-refractivity contribution is 6.11. The third kappa shape index (κ3) is 11.2. The lowest BCUT2D eigenvalue weighted by Gasteiger charge is -2.36. The van der Waals surface area contributed by atoms with Crippen LogP contribution in [0.3, 0.4) is 0 Å². The first-order chi connectivity index (χ1) is 32.2. The number of carbonyl (C=O) groups excluding carboxylic acids is 8. The minimum absolute atomic E-state index is 0.0263. The molecule has 2 fully saturated rings. The van der Waals surface area contributed by atoms with Gasteiger partial charge in [-0.05, 0) is 60.4 Å². The molecule has 2 saturated heterocycles. The molecule has 0 unspecified atom stereocenters. The van der Waals surface area contributed by atoms with Crippen LogP contribution in [-0.4, -0.2) is 112 Å². The number of rotatable bonds is 9. The van der Waals surface area contributed by atoms with E-state index in [4.69, 9.17) is 17.2 Å². The molecule has 3 aliphatic rings. The molecule has 5 atom stereocenters. The van der Waals surface area contributed by atoms with Gasteiger partial charge in [-0.15, -0.1) is 0 Å². The van der Waals surface area contributed by atoms with Crippen LogP contribution < -0.4 is 49.1 Å². The van der Waals surface area contributed by atoms with Crippen LogP contribution in [0.25, 0.3) is 10.9 Å². The summed E-state index contributed by atoms with van der Waals surface area (Å²) in [4.78, 5) is 121. The highest BCUT2D eigenvalue weighted by Gasteiger charge is 2.58. The Balaban J connectivity index is 1.26. The molecule has 67 heavy (non-hydrogen) atoms. The molecule has 0 saturated carbocycles. The Kier molecular flexibility index (Phi) is 14.8. The fourth-order valence-corrected chi connectivity index (χ4v) is 9.01. The third-order valence-corrected chi connectivity index (χ3v) is 12.5. The number of H-pyrrole nitrogens is 1. The van der Waals surface area contributed by atoms with Crippen LogP contribution in [0.4, 0.5) is 4.79 Å². The lowest BCUT2D eigenvalue weighted by atomic mass is 9.90. The minimum Gasteiger partial charge on any atom is -0.370 e. The van der Waals surface area contributed by atoms with Gasteiger partial charge in [0, 0.05) is 55.9 Å². The van der Waals surface area contributed by atoms with Crippen molar-refractivity contribution in [1.29, 1.82) is 0 Å². The van der Waals surface area contributed by atoms with Crippen LogP contribution in [0.2, 0.25) is 0 Å². The van der Waals surface area contributed by atoms with Gasteiger partial charge < -0.3 is 54.1 Å². The number of amides is 9. The molecule has 3 heterocycles. The number of carbonyl (C=O) groups is 8. The topological polar surface area (TPSA) is 318 Å². The lowest BCUT2D eigenvalue weighted by Crippen LogP contribution is -2.65. The molecular formula is C47H56N12O8. The zero-order chi connectivity index (χ0) is 47.7. The van der Waals surface area contributed by atoms with Gasteiger partial charge in [-0.3, -0.25) is 38.6 Å². The minimum atomic E-state index is -1.85. The summed E-state index contributed by atoms with van der Waals surface area (Å²) in [6.07, 6.45) is 1.97. The first-order valence-corrected chi connectivity index (χ1v) is 22.4. The van der Waals surface area contributed by atoms with Gasteiger partial charge in [-0.25, -0.2) is 9.69 Å². The van der Waals surface area contributed by atoms with Crippen molar-refractivity contribution in [2.24, 2.45) is 22.2 Å². The second-order valence-corrected chi connectivity index (χ2v) is 17.2. The van der Waals surface area contributed by atoms with Crippen molar-refractivity contribution in [3.05, 3.63) is 107 Å². The summed E-state index contributed by atoms with van der Waals surface area (Å²) in [7, 11) is 0. The number of nitrogens with zero attached hydrogens (tertiary/aromatic N) is 2. The number of nitrogens with two attached hydrogens (primary N) is 3. The first kappa shape index (κ1) is 47.2. The van der Waals surface area contributed by atoms with Gasteiger partial charge >= 0.3 is 6.03 Å². The summed E-state index contributed by atoms with van der Waals surface area (Å²) >= 11 is 0. The molecule has 7 rings (SSSR count). The van der Waals surface area contributed by atoms with Crippen LogP contribution in [0.1, 0.15) is 60.8 Å². The van der Waals surface area contributed by atoms with Crippen LogP contribution >= 0.6 is 0 Å². The van der Waals surface area contributed by atoms with E-state index in [2.05, 4.69) is 41.9 Å². The number of benzene rings is 3. The summed E-state index contributed by atoms with van der Waals surface area (Å²) in [5.41, 5.74) is 18.6. The Morgan fingerprint density at radius 2 is 1.36 bits per heavy atom. The maximum atomic E-state index is 15.1. The summed E-state index contributed by atoms with van der Waals surface area (Å²) < 4.78 is 0. The van der Waals surface area contributed by atoms with Gasteiger partial charge in [-0.2, -0.15) is 0 Å². The molecule has 3 aromatic carbocycles. The first-order valence-electron chi connectivity index (χ1n) is 22.4. The molecule has 4 aromatic rings. The van der Waals surface area contributed by atoms with Crippen molar-refractivity contribution in [2.75, 3.05) is 13.1 Å². The smallest absolute Gasteiger partial charge is 0.325 e. The summed E-state index contributed by atoms with van der Waals surface area (Å²) in [6.45, 7) is 0.217. The van der Waals surface area contributed by atoms with Crippen molar-refractivity contribution in [3.63, 3.8) is 0 Å². The summed E-state index contributed by atoms with van der Waals surface area (Å²) in [6, 6.07) is 16.0. The average molecular weight is 917 g/mol. The maximum absolute atomic E-state index is 15.1. The van der Waals surface area contributed by atoms with Gasteiger partial charge in [0.05, 0.1) is 6.42 Å². The molecule has 20 heteroatoms. The fraction of sp³-hybridized carbons (Fsp3) is 0.383. The van der Waals surface area contributed by atoms with Gasteiger partial charge in [0.25, 0.3) is 5.91 Å².